The molecule has 0 fully saturated rings. The quantitative estimate of drug-likeness (QED) is 0.414. The van der Waals surface area contributed by atoms with Crippen LogP contribution in [0.2, 0.25) is 0 Å². The van der Waals surface area contributed by atoms with E-state index >= 15 is 0 Å². The molecule has 31 heavy (non-hydrogen) atoms. The fraction of sp³-hybridized carbons (Fsp3) is 0.208. The summed E-state index contributed by atoms with van der Waals surface area (Å²) >= 11 is 1.26. The number of rotatable bonds is 8. The molecule has 160 valence electrons. The molecule has 0 aliphatic rings. The first-order chi connectivity index (χ1) is 14.9. The van der Waals surface area contributed by atoms with Crippen molar-refractivity contribution in [2.45, 2.75) is 25.3 Å². The predicted molar refractivity (Wildman–Crippen MR) is 118 cm³/mol. The second-order valence-corrected chi connectivity index (χ2v) is 8.19. The number of aromatic hydroxyl groups is 1. The van der Waals surface area contributed by atoms with Gasteiger partial charge in [-0.2, -0.15) is 0 Å². The molecule has 3 rings (SSSR count). The van der Waals surface area contributed by atoms with Crippen molar-refractivity contribution in [3.8, 4) is 5.75 Å². The molecule has 0 saturated carbocycles. The number of benzene rings is 2. The first-order valence-corrected chi connectivity index (χ1v) is 10.6. The molecule has 0 aliphatic carbocycles. The normalized spacial score (nSPS) is 12.6. The standard InChI is InChI=1S/C24H23NO5S/c1-15(20-12-13-21(31-20)22(27)17-6-4-3-5-7-17)23(28)25-19(24(29)30-2)14-16-8-10-18(26)11-9-16/h3-13,15,19,26H,14H2,1-2H3,(H,25,28)/t15-,19-/m0/s1. The fourth-order valence-electron chi connectivity index (χ4n) is 3.07. The molecule has 0 unspecified atom stereocenters. The van der Waals surface area contributed by atoms with Gasteiger partial charge in [0.25, 0.3) is 0 Å². The summed E-state index contributed by atoms with van der Waals surface area (Å²) in [7, 11) is 1.27. The Morgan fingerprint density at radius 3 is 2.32 bits per heavy atom. The highest BCUT2D eigenvalue weighted by Crippen LogP contribution is 2.27. The van der Waals surface area contributed by atoms with Crippen molar-refractivity contribution in [2.24, 2.45) is 0 Å². The summed E-state index contributed by atoms with van der Waals surface area (Å²) in [5.41, 5.74) is 1.36. The van der Waals surface area contributed by atoms with Crippen LogP contribution in [-0.2, 0) is 20.7 Å². The smallest absolute Gasteiger partial charge is 0.328 e. The number of amides is 1. The van der Waals surface area contributed by atoms with Crippen LogP contribution in [0, 0.1) is 0 Å². The monoisotopic (exact) mass is 437 g/mol. The van der Waals surface area contributed by atoms with E-state index in [2.05, 4.69) is 5.32 Å². The zero-order chi connectivity index (χ0) is 22.4. The largest absolute Gasteiger partial charge is 0.508 e. The Kier molecular flexibility index (Phi) is 7.20. The molecule has 3 aromatic rings. The van der Waals surface area contributed by atoms with E-state index in [1.165, 1.54) is 30.6 Å². The van der Waals surface area contributed by atoms with Crippen LogP contribution in [0.1, 0.15) is 38.5 Å². The third kappa shape index (κ3) is 5.58. The van der Waals surface area contributed by atoms with E-state index in [0.717, 1.165) is 10.4 Å². The Hall–Kier alpha value is -3.45. The van der Waals surface area contributed by atoms with Gasteiger partial charge in [-0.25, -0.2) is 4.79 Å². The number of hydrogen-bond acceptors (Lipinski definition) is 6. The van der Waals surface area contributed by atoms with Gasteiger partial charge in [-0.1, -0.05) is 42.5 Å². The summed E-state index contributed by atoms with van der Waals surface area (Å²) in [6, 6.07) is 18.0. The van der Waals surface area contributed by atoms with Crippen LogP contribution in [0.4, 0.5) is 0 Å². The highest BCUT2D eigenvalue weighted by molar-refractivity contribution is 7.14. The van der Waals surface area contributed by atoms with Crippen molar-refractivity contribution in [1.82, 2.24) is 5.32 Å². The van der Waals surface area contributed by atoms with Crippen molar-refractivity contribution in [3.63, 3.8) is 0 Å². The van der Waals surface area contributed by atoms with Gasteiger partial charge in [0.1, 0.15) is 11.8 Å². The van der Waals surface area contributed by atoms with Crippen LogP contribution in [-0.4, -0.2) is 35.9 Å². The van der Waals surface area contributed by atoms with Gasteiger partial charge in [-0.3, -0.25) is 9.59 Å². The minimum Gasteiger partial charge on any atom is -0.508 e. The zero-order valence-corrected chi connectivity index (χ0v) is 18.0. The molecule has 1 amide bonds. The number of ether oxygens (including phenoxy) is 1. The van der Waals surface area contributed by atoms with Gasteiger partial charge in [0.05, 0.1) is 17.9 Å². The summed E-state index contributed by atoms with van der Waals surface area (Å²) in [6.45, 7) is 1.73. The highest BCUT2D eigenvalue weighted by atomic mass is 32.1. The van der Waals surface area contributed by atoms with Gasteiger partial charge in [0, 0.05) is 16.9 Å². The van der Waals surface area contributed by atoms with E-state index in [1.54, 1.807) is 55.5 Å². The molecule has 2 N–H and O–H groups in total. The lowest BCUT2D eigenvalue weighted by molar-refractivity contribution is -0.145. The maximum absolute atomic E-state index is 12.8. The van der Waals surface area contributed by atoms with Crippen molar-refractivity contribution < 1.29 is 24.2 Å². The second-order valence-electron chi connectivity index (χ2n) is 7.07. The molecular formula is C24H23NO5S. The molecule has 2 atom stereocenters. The number of carbonyl (C=O) groups is 3. The molecule has 2 aromatic carbocycles. The summed E-state index contributed by atoms with van der Waals surface area (Å²) < 4.78 is 4.83. The average Bonchev–Trinajstić information content (AvgIpc) is 3.29. The Labute approximate surface area is 184 Å². The average molecular weight is 438 g/mol. The molecule has 0 spiro atoms. The number of nitrogens with one attached hydrogen (secondary N) is 1. The highest BCUT2D eigenvalue weighted by Gasteiger charge is 2.26. The van der Waals surface area contributed by atoms with Gasteiger partial charge >= 0.3 is 5.97 Å². The lowest BCUT2D eigenvalue weighted by Gasteiger charge is -2.19. The van der Waals surface area contributed by atoms with Gasteiger partial charge in [0.2, 0.25) is 11.7 Å². The number of phenolic OH excluding ortho intramolecular Hbond substituents is 1. The van der Waals surface area contributed by atoms with Crippen molar-refractivity contribution in [1.29, 1.82) is 0 Å². The first-order valence-electron chi connectivity index (χ1n) is 9.74. The van der Waals surface area contributed by atoms with Gasteiger partial charge in [-0.05, 0) is 36.8 Å². The first kappa shape index (κ1) is 22.2. The van der Waals surface area contributed by atoms with Gasteiger partial charge in [-0.15, -0.1) is 11.3 Å². The topological polar surface area (TPSA) is 92.7 Å². The van der Waals surface area contributed by atoms with E-state index in [0.29, 0.717) is 10.4 Å². The number of ketones is 1. The van der Waals surface area contributed by atoms with E-state index in [4.69, 9.17) is 4.74 Å². The van der Waals surface area contributed by atoms with Crippen molar-refractivity contribution in [2.75, 3.05) is 7.11 Å². The third-order valence-electron chi connectivity index (χ3n) is 4.88. The van der Waals surface area contributed by atoms with E-state index in [1.807, 2.05) is 6.07 Å². The summed E-state index contributed by atoms with van der Waals surface area (Å²) in [5, 5.41) is 12.2. The summed E-state index contributed by atoms with van der Waals surface area (Å²) in [5.74, 6) is -1.41. The third-order valence-corrected chi connectivity index (χ3v) is 6.15. The SMILES string of the molecule is COC(=O)[C@H](Cc1ccc(O)cc1)NC(=O)[C@@H](C)c1ccc(C(=O)c2ccccc2)s1. The molecular weight excluding hydrogens is 414 g/mol. The number of carbonyl (C=O) groups excluding carboxylic acids is 3. The van der Waals surface area contributed by atoms with E-state index < -0.39 is 17.9 Å². The minimum absolute atomic E-state index is 0.0933. The van der Waals surface area contributed by atoms with Crippen LogP contribution in [0.5, 0.6) is 5.75 Å². The Balaban J connectivity index is 1.70. The van der Waals surface area contributed by atoms with E-state index in [9.17, 15) is 19.5 Å². The van der Waals surface area contributed by atoms with Crippen molar-refractivity contribution >= 4 is 29.0 Å². The molecule has 1 aromatic heterocycles. The molecule has 0 saturated heterocycles. The second kappa shape index (κ2) is 10.0. The minimum atomic E-state index is -0.866. The molecule has 7 heteroatoms. The van der Waals surface area contributed by atoms with Gasteiger partial charge in [0.15, 0.2) is 0 Å². The number of esters is 1. The number of thiophene rings is 1. The lowest BCUT2D eigenvalue weighted by atomic mass is 10.0. The Bertz CT molecular complexity index is 1060. The molecule has 0 radical (unpaired) electrons. The van der Waals surface area contributed by atoms with E-state index in [-0.39, 0.29) is 23.9 Å². The van der Waals surface area contributed by atoms with Crippen LogP contribution in [0.15, 0.2) is 66.7 Å². The number of hydrogen-bond donors (Lipinski definition) is 2. The lowest BCUT2D eigenvalue weighted by Crippen LogP contribution is -2.44. The number of phenols is 1. The maximum atomic E-state index is 12.8. The number of methoxy groups -OCH3 is 1. The van der Waals surface area contributed by atoms with Crippen LogP contribution >= 0.6 is 11.3 Å². The summed E-state index contributed by atoms with van der Waals surface area (Å²) in [4.78, 5) is 38.9. The Morgan fingerprint density at radius 2 is 1.68 bits per heavy atom. The molecule has 6 nitrogen and oxygen atoms in total. The van der Waals surface area contributed by atoms with Crippen molar-refractivity contribution in [3.05, 3.63) is 87.6 Å². The maximum Gasteiger partial charge on any atom is 0.328 e. The van der Waals surface area contributed by atoms with Crippen LogP contribution < -0.4 is 5.32 Å². The fourth-order valence-corrected chi connectivity index (χ4v) is 4.09. The predicted octanol–water partition coefficient (Wildman–Crippen LogP) is 3.69. The zero-order valence-electron chi connectivity index (χ0n) is 17.2. The van der Waals surface area contributed by atoms with Crippen LogP contribution in [0.3, 0.4) is 0 Å². The molecule has 0 aliphatic heterocycles. The molecule has 0 bridgehead atoms. The van der Waals surface area contributed by atoms with Crippen LogP contribution in [0.25, 0.3) is 0 Å². The Morgan fingerprint density at radius 1 is 1.00 bits per heavy atom. The molecule has 1 heterocycles. The summed E-state index contributed by atoms with van der Waals surface area (Å²) in [6.07, 6.45) is 0.230. The van der Waals surface area contributed by atoms with Gasteiger partial charge < -0.3 is 15.2 Å².